The lowest BCUT2D eigenvalue weighted by Crippen LogP contribution is -2.45. The molecule has 2 aromatic carbocycles. The van der Waals surface area contributed by atoms with Crippen molar-refractivity contribution in [2.45, 2.75) is 30.7 Å². The highest BCUT2D eigenvalue weighted by molar-refractivity contribution is 7.89. The molecule has 0 aromatic heterocycles. The Kier molecular flexibility index (Phi) is 4.78. The number of nitrogens with one attached hydrogen (secondary N) is 1. The topological polar surface area (TPSA) is 83.6 Å². The summed E-state index contributed by atoms with van der Waals surface area (Å²) in [4.78, 5) is 24.7. The summed E-state index contributed by atoms with van der Waals surface area (Å²) >= 11 is 0. The average Bonchev–Trinajstić information content (AvgIpc) is 2.98. The first-order valence-electron chi connectivity index (χ1n) is 7.99. The zero-order chi connectivity index (χ0) is 18.9. The summed E-state index contributed by atoms with van der Waals surface area (Å²) in [6, 6.07) is 10.1. The Hall–Kier alpha value is -2.74. The molecule has 1 unspecified atom stereocenters. The number of rotatable bonds is 4. The van der Waals surface area contributed by atoms with Crippen molar-refractivity contribution in [1.82, 2.24) is 4.31 Å². The van der Waals surface area contributed by atoms with Crippen molar-refractivity contribution >= 4 is 27.5 Å². The van der Waals surface area contributed by atoms with Gasteiger partial charge in [0.1, 0.15) is 11.9 Å². The van der Waals surface area contributed by atoms with E-state index in [1.807, 2.05) is 6.92 Å². The summed E-state index contributed by atoms with van der Waals surface area (Å²) < 4.78 is 39.6. The minimum absolute atomic E-state index is 0.0493. The van der Waals surface area contributed by atoms with Crippen LogP contribution in [0.2, 0.25) is 0 Å². The minimum atomic E-state index is -4.15. The fraction of sp³-hybridized carbons (Fsp3) is 0.222. The van der Waals surface area contributed by atoms with Crippen molar-refractivity contribution in [3.8, 4) is 0 Å². The Bertz CT molecular complexity index is 957. The standard InChI is InChI=1S/C18H17FN2O4S/c1-12-5-7-15(8-6-12)26(24,25)21-16(9-10-17(21)22)18(23)20-14-4-2-3-13(19)11-14/h2-8,11,16H,9-10H2,1H3,(H,20,23). The van der Waals surface area contributed by atoms with E-state index in [2.05, 4.69) is 5.32 Å². The van der Waals surface area contributed by atoms with Crippen LogP contribution in [0.15, 0.2) is 53.4 Å². The lowest BCUT2D eigenvalue weighted by atomic mass is 10.2. The highest BCUT2D eigenvalue weighted by atomic mass is 32.2. The van der Waals surface area contributed by atoms with Crippen LogP contribution in [-0.2, 0) is 19.6 Å². The molecule has 136 valence electrons. The maximum absolute atomic E-state index is 13.3. The van der Waals surface area contributed by atoms with Gasteiger partial charge in [0.2, 0.25) is 11.8 Å². The molecule has 3 rings (SSSR count). The zero-order valence-electron chi connectivity index (χ0n) is 14.0. The van der Waals surface area contributed by atoms with Crippen LogP contribution >= 0.6 is 0 Å². The third kappa shape index (κ3) is 3.45. The lowest BCUT2D eigenvalue weighted by Gasteiger charge is -2.23. The van der Waals surface area contributed by atoms with Gasteiger partial charge in [-0.3, -0.25) is 9.59 Å². The molecule has 2 amide bonds. The van der Waals surface area contributed by atoms with Gasteiger partial charge in [-0.25, -0.2) is 17.1 Å². The van der Waals surface area contributed by atoms with Crippen LogP contribution in [0.3, 0.4) is 0 Å². The Labute approximate surface area is 150 Å². The molecule has 1 fully saturated rings. The van der Waals surface area contributed by atoms with E-state index in [-0.39, 0.29) is 23.4 Å². The second kappa shape index (κ2) is 6.87. The number of aryl methyl sites for hydroxylation is 1. The van der Waals surface area contributed by atoms with Gasteiger partial charge in [0.15, 0.2) is 0 Å². The van der Waals surface area contributed by atoms with E-state index in [0.29, 0.717) is 4.31 Å². The average molecular weight is 376 g/mol. The molecule has 1 aliphatic heterocycles. The van der Waals surface area contributed by atoms with Gasteiger partial charge in [-0.1, -0.05) is 23.8 Å². The van der Waals surface area contributed by atoms with Crippen LogP contribution in [0, 0.1) is 12.7 Å². The number of anilines is 1. The number of nitrogens with zero attached hydrogens (tertiary/aromatic N) is 1. The van der Waals surface area contributed by atoms with E-state index in [1.165, 1.54) is 30.3 Å². The van der Waals surface area contributed by atoms with Crippen LogP contribution in [-0.4, -0.2) is 30.6 Å². The molecule has 1 atom stereocenters. The fourth-order valence-corrected chi connectivity index (χ4v) is 4.42. The number of halogens is 1. The van der Waals surface area contributed by atoms with Gasteiger partial charge in [0.25, 0.3) is 10.0 Å². The summed E-state index contributed by atoms with van der Waals surface area (Å²) in [5.41, 5.74) is 1.07. The Balaban J connectivity index is 1.88. The quantitative estimate of drug-likeness (QED) is 0.888. The smallest absolute Gasteiger partial charge is 0.267 e. The van der Waals surface area contributed by atoms with Crippen molar-refractivity contribution in [2.75, 3.05) is 5.32 Å². The van der Waals surface area contributed by atoms with Gasteiger partial charge in [0, 0.05) is 12.1 Å². The van der Waals surface area contributed by atoms with E-state index in [0.717, 1.165) is 11.6 Å². The first-order chi connectivity index (χ1) is 12.3. The summed E-state index contributed by atoms with van der Waals surface area (Å²) in [5.74, 6) is -1.84. The molecule has 8 heteroatoms. The summed E-state index contributed by atoms with van der Waals surface area (Å²) in [6.07, 6.45) is 0.0252. The summed E-state index contributed by atoms with van der Waals surface area (Å²) in [5, 5.41) is 2.47. The monoisotopic (exact) mass is 376 g/mol. The van der Waals surface area contributed by atoms with Gasteiger partial charge in [-0.15, -0.1) is 0 Å². The molecule has 0 bridgehead atoms. The number of carbonyl (C=O) groups excluding carboxylic acids is 2. The van der Waals surface area contributed by atoms with E-state index in [1.54, 1.807) is 12.1 Å². The molecule has 1 heterocycles. The molecule has 1 saturated heterocycles. The molecule has 26 heavy (non-hydrogen) atoms. The van der Waals surface area contributed by atoms with Gasteiger partial charge >= 0.3 is 0 Å². The first kappa shape index (κ1) is 18.1. The summed E-state index contributed by atoms with van der Waals surface area (Å²) in [6.45, 7) is 1.81. The summed E-state index contributed by atoms with van der Waals surface area (Å²) in [7, 11) is -4.15. The zero-order valence-corrected chi connectivity index (χ0v) is 14.8. The first-order valence-corrected chi connectivity index (χ1v) is 9.43. The van der Waals surface area contributed by atoms with Crippen LogP contribution in [0.4, 0.5) is 10.1 Å². The van der Waals surface area contributed by atoms with Crippen molar-refractivity contribution in [2.24, 2.45) is 0 Å². The van der Waals surface area contributed by atoms with Crippen molar-refractivity contribution in [1.29, 1.82) is 0 Å². The highest BCUT2D eigenvalue weighted by Crippen LogP contribution is 2.28. The minimum Gasteiger partial charge on any atom is -0.324 e. The molecule has 0 saturated carbocycles. The number of hydrogen-bond acceptors (Lipinski definition) is 4. The third-order valence-electron chi connectivity index (χ3n) is 4.13. The fourth-order valence-electron chi connectivity index (χ4n) is 2.82. The van der Waals surface area contributed by atoms with Gasteiger partial charge in [-0.05, 0) is 43.7 Å². The number of amides is 2. The number of sulfonamides is 1. The van der Waals surface area contributed by atoms with Crippen LogP contribution < -0.4 is 5.32 Å². The van der Waals surface area contributed by atoms with E-state index < -0.39 is 33.7 Å². The number of hydrogen-bond donors (Lipinski definition) is 1. The van der Waals surface area contributed by atoms with Gasteiger partial charge < -0.3 is 5.32 Å². The Morgan fingerprint density at radius 3 is 2.54 bits per heavy atom. The van der Waals surface area contributed by atoms with Gasteiger partial charge in [0.05, 0.1) is 4.90 Å². The number of benzene rings is 2. The lowest BCUT2D eigenvalue weighted by molar-refractivity contribution is -0.128. The molecule has 1 aliphatic rings. The maximum atomic E-state index is 13.3. The molecule has 0 spiro atoms. The Morgan fingerprint density at radius 1 is 1.19 bits per heavy atom. The second-order valence-corrected chi connectivity index (χ2v) is 7.88. The van der Waals surface area contributed by atoms with Crippen molar-refractivity contribution < 1.29 is 22.4 Å². The molecule has 1 N–H and O–H groups in total. The van der Waals surface area contributed by atoms with E-state index in [4.69, 9.17) is 0 Å². The third-order valence-corrected chi connectivity index (χ3v) is 5.98. The molecule has 0 radical (unpaired) electrons. The van der Waals surface area contributed by atoms with Crippen LogP contribution in [0.1, 0.15) is 18.4 Å². The predicted molar refractivity (Wildman–Crippen MR) is 93.3 cm³/mol. The molecule has 6 nitrogen and oxygen atoms in total. The maximum Gasteiger partial charge on any atom is 0.267 e. The Morgan fingerprint density at radius 2 is 1.88 bits per heavy atom. The normalized spacial score (nSPS) is 17.4. The van der Waals surface area contributed by atoms with Crippen LogP contribution in [0.25, 0.3) is 0 Å². The number of carbonyl (C=O) groups is 2. The molecule has 2 aromatic rings. The molecular formula is C18H17FN2O4S. The van der Waals surface area contributed by atoms with E-state index in [9.17, 15) is 22.4 Å². The van der Waals surface area contributed by atoms with E-state index >= 15 is 0 Å². The second-order valence-electron chi connectivity index (χ2n) is 6.06. The molecular weight excluding hydrogens is 359 g/mol. The largest absolute Gasteiger partial charge is 0.324 e. The van der Waals surface area contributed by atoms with Crippen LogP contribution in [0.5, 0.6) is 0 Å². The van der Waals surface area contributed by atoms with Crippen molar-refractivity contribution in [3.63, 3.8) is 0 Å². The van der Waals surface area contributed by atoms with Crippen molar-refractivity contribution in [3.05, 3.63) is 59.9 Å². The predicted octanol–water partition coefficient (Wildman–Crippen LogP) is 2.45. The molecule has 0 aliphatic carbocycles. The highest BCUT2D eigenvalue weighted by Gasteiger charge is 2.44. The SMILES string of the molecule is Cc1ccc(S(=O)(=O)N2C(=O)CCC2C(=O)Nc2cccc(F)c2)cc1. The van der Waals surface area contributed by atoms with Gasteiger partial charge in [-0.2, -0.15) is 0 Å².